The first-order valence-corrected chi connectivity index (χ1v) is 9.96. The van der Waals surface area contributed by atoms with Crippen LogP contribution in [-0.2, 0) is 11.3 Å². The predicted octanol–water partition coefficient (Wildman–Crippen LogP) is 1.56. The molecule has 0 unspecified atom stereocenters. The number of carbonyl (C=O) groups is 1. The van der Waals surface area contributed by atoms with Gasteiger partial charge in [-0.05, 0) is 28.5 Å². The van der Waals surface area contributed by atoms with Crippen LogP contribution in [-0.4, -0.2) is 66.5 Å². The van der Waals surface area contributed by atoms with Crippen LogP contribution in [0.15, 0.2) is 40.3 Å². The fourth-order valence-electron chi connectivity index (χ4n) is 2.86. The number of anilines is 1. The maximum Gasteiger partial charge on any atom is 0.225 e. The van der Waals surface area contributed by atoms with Gasteiger partial charge in [0.15, 0.2) is 5.96 Å². The molecule has 1 aliphatic rings. The van der Waals surface area contributed by atoms with Crippen LogP contribution in [0.1, 0.15) is 12.0 Å². The highest BCUT2D eigenvalue weighted by molar-refractivity contribution is 14.0. The monoisotopic (exact) mass is 515 g/mol. The molecule has 2 aromatic heterocycles. The van der Waals surface area contributed by atoms with E-state index >= 15 is 0 Å². The Morgan fingerprint density at radius 3 is 2.61 bits per heavy atom. The molecule has 8 nitrogen and oxygen atoms in total. The van der Waals surface area contributed by atoms with E-state index in [0.29, 0.717) is 32.0 Å². The molecule has 1 saturated heterocycles. The third-order valence-corrected chi connectivity index (χ3v) is 5.09. The number of guanidine groups is 1. The second-order valence-electron chi connectivity index (χ2n) is 6.15. The molecule has 28 heavy (non-hydrogen) atoms. The van der Waals surface area contributed by atoms with E-state index in [1.807, 2.05) is 4.90 Å². The molecule has 1 amide bonds. The summed E-state index contributed by atoms with van der Waals surface area (Å²) in [5.41, 5.74) is 1.22. The van der Waals surface area contributed by atoms with Crippen molar-refractivity contribution in [2.45, 2.75) is 13.0 Å². The molecule has 0 aliphatic carbocycles. The molecule has 0 radical (unpaired) electrons. The summed E-state index contributed by atoms with van der Waals surface area (Å²) >= 11 is 1.67. The van der Waals surface area contributed by atoms with Gasteiger partial charge in [-0.3, -0.25) is 9.79 Å². The van der Waals surface area contributed by atoms with Crippen LogP contribution in [0.5, 0.6) is 0 Å². The van der Waals surface area contributed by atoms with Gasteiger partial charge in [-0.25, -0.2) is 9.97 Å². The van der Waals surface area contributed by atoms with Gasteiger partial charge < -0.3 is 20.4 Å². The van der Waals surface area contributed by atoms with E-state index in [2.05, 4.69) is 47.3 Å². The highest BCUT2D eigenvalue weighted by atomic mass is 127. The third kappa shape index (κ3) is 6.59. The number of thiophene rings is 1. The number of rotatable bonds is 6. The Kier molecular flexibility index (Phi) is 9.41. The topological polar surface area (TPSA) is 85.8 Å². The van der Waals surface area contributed by atoms with Gasteiger partial charge in [0.1, 0.15) is 0 Å². The zero-order valence-electron chi connectivity index (χ0n) is 15.9. The summed E-state index contributed by atoms with van der Waals surface area (Å²) < 4.78 is 0. The van der Waals surface area contributed by atoms with Gasteiger partial charge in [-0.2, -0.15) is 11.3 Å². The van der Waals surface area contributed by atoms with Gasteiger partial charge >= 0.3 is 0 Å². The first kappa shape index (κ1) is 22.3. The van der Waals surface area contributed by atoms with E-state index in [9.17, 15) is 4.79 Å². The lowest BCUT2D eigenvalue weighted by molar-refractivity contribution is -0.131. The van der Waals surface area contributed by atoms with Crippen molar-refractivity contribution in [3.05, 3.63) is 40.8 Å². The number of hydrogen-bond donors (Lipinski definition) is 2. The Morgan fingerprint density at radius 2 is 1.96 bits per heavy atom. The second-order valence-corrected chi connectivity index (χ2v) is 6.93. The van der Waals surface area contributed by atoms with Crippen molar-refractivity contribution in [1.29, 1.82) is 0 Å². The van der Waals surface area contributed by atoms with E-state index in [1.54, 1.807) is 36.8 Å². The number of nitrogens with one attached hydrogen (secondary N) is 2. The Hall–Kier alpha value is -1.95. The lowest BCUT2D eigenvalue weighted by Gasteiger charge is -2.34. The summed E-state index contributed by atoms with van der Waals surface area (Å²) in [7, 11) is 1.73. The summed E-state index contributed by atoms with van der Waals surface area (Å²) in [6.45, 7) is 4.19. The van der Waals surface area contributed by atoms with Gasteiger partial charge in [0.05, 0.1) is 0 Å². The molecule has 0 aromatic carbocycles. The van der Waals surface area contributed by atoms with Gasteiger partial charge in [0.25, 0.3) is 0 Å². The highest BCUT2D eigenvalue weighted by Gasteiger charge is 2.22. The molecule has 0 atom stereocenters. The van der Waals surface area contributed by atoms with E-state index in [0.717, 1.165) is 25.6 Å². The molecule has 2 N–H and O–H groups in total. The number of carbonyl (C=O) groups excluding carboxylic acids is 1. The minimum atomic E-state index is 0. The van der Waals surface area contributed by atoms with Crippen LogP contribution in [0, 0.1) is 0 Å². The van der Waals surface area contributed by atoms with Crippen molar-refractivity contribution in [2.75, 3.05) is 44.7 Å². The molecule has 1 aliphatic heterocycles. The van der Waals surface area contributed by atoms with Crippen LogP contribution in [0.25, 0.3) is 0 Å². The highest BCUT2D eigenvalue weighted by Crippen LogP contribution is 2.10. The van der Waals surface area contributed by atoms with Crippen molar-refractivity contribution in [1.82, 2.24) is 25.5 Å². The quantitative estimate of drug-likeness (QED) is 0.345. The zero-order chi connectivity index (χ0) is 18.9. The number of piperazine rings is 1. The number of hydrogen-bond acceptors (Lipinski definition) is 6. The van der Waals surface area contributed by atoms with Gasteiger partial charge in [0, 0.05) is 65.1 Å². The number of nitrogens with zero attached hydrogens (tertiary/aromatic N) is 5. The Balaban J connectivity index is 0.00000280. The molecule has 0 saturated carbocycles. The van der Waals surface area contributed by atoms with Crippen LogP contribution in [0.2, 0.25) is 0 Å². The van der Waals surface area contributed by atoms with E-state index < -0.39 is 0 Å². The predicted molar refractivity (Wildman–Crippen MR) is 123 cm³/mol. The van der Waals surface area contributed by atoms with Crippen LogP contribution in [0.4, 0.5) is 5.95 Å². The number of aliphatic imine (C=N–C) groups is 1. The van der Waals surface area contributed by atoms with Gasteiger partial charge in [0.2, 0.25) is 11.9 Å². The minimum absolute atomic E-state index is 0. The van der Waals surface area contributed by atoms with E-state index in [-0.39, 0.29) is 29.9 Å². The fourth-order valence-corrected chi connectivity index (χ4v) is 3.52. The normalized spacial score (nSPS) is 14.4. The molecule has 10 heteroatoms. The molecular formula is C18H26IN7OS. The van der Waals surface area contributed by atoms with Crippen molar-refractivity contribution < 1.29 is 4.79 Å². The van der Waals surface area contributed by atoms with E-state index in [1.165, 1.54) is 5.56 Å². The SMILES string of the molecule is CN=C(NCCC(=O)N1CCN(c2ncccn2)CC1)NCc1ccsc1.I. The van der Waals surface area contributed by atoms with E-state index in [4.69, 9.17) is 0 Å². The Morgan fingerprint density at radius 1 is 1.21 bits per heavy atom. The molecule has 0 spiro atoms. The van der Waals surface area contributed by atoms with Gasteiger partial charge in [-0.1, -0.05) is 0 Å². The summed E-state index contributed by atoms with van der Waals surface area (Å²) in [6.07, 6.45) is 3.93. The van der Waals surface area contributed by atoms with Crippen LogP contribution < -0.4 is 15.5 Å². The lowest BCUT2D eigenvalue weighted by atomic mass is 10.3. The maximum absolute atomic E-state index is 12.4. The largest absolute Gasteiger partial charge is 0.356 e. The smallest absolute Gasteiger partial charge is 0.225 e. The first-order chi connectivity index (χ1) is 13.3. The molecule has 1 fully saturated rings. The summed E-state index contributed by atoms with van der Waals surface area (Å²) in [5, 5.41) is 10.6. The van der Waals surface area contributed by atoms with Crippen molar-refractivity contribution >= 4 is 53.1 Å². The van der Waals surface area contributed by atoms with Crippen LogP contribution in [0.3, 0.4) is 0 Å². The summed E-state index contributed by atoms with van der Waals surface area (Å²) in [4.78, 5) is 29.2. The maximum atomic E-state index is 12.4. The number of aromatic nitrogens is 2. The Labute approximate surface area is 186 Å². The molecule has 152 valence electrons. The van der Waals surface area contributed by atoms with Crippen molar-refractivity contribution in [2.24, 2.45) is 4.99 Å². The van der Waals surface area contributed by atoms with Gasteiger partial charge in [-0.15, -0.1) is 24.0 Å². The lowest BCUT2D eigenvalue weighted by Crippen LogP contribution is -2.50. The summed E-state index contributed by atoms with van der Waals surface area (Å²) in [6, 6.07) is 3.88. The zero-order valence-corrected chi connectivity index (χ0v) is 19.0. The number of amides is 1. The molecule has 3 rings (SSSR count). The fraction of sp³-hybridized carbons (Fsp3) is 0.444. The van der Waals surface area contributed by atoms with Crippen LogP contribution >= 0.6 is 35.3 Å². The molecular weight excluding hydrogens is 489 g/mol. The minimum Gasteiger partial charge on any atom is -0.356 e. The second kappa shape index (κ2) is 11.8. The number of halogens is 1. The molecule has 0 bridgehead atoms. The first-order valence-electron chi connectivity index (χ1n) is 9.01. The summed E-state index contributed by atoms with van der Waals surface area (Å²) in [5.74, 6) is 1.59. The molecule has 3 heterocycles. The third-order valence-electron chi connectivity index (χ3n) is 4.36. The van der Waals surface area contributed by atoms with Crippen molar-refractivity contribution in [3.63, 3.8) is 0 Å². The molecule has 2 aromatic rings. The average molecular weight is 515 g/mol. The standard InChI is InChI=1S/C18H25N7OS.HI/c1-19-17(23-13-15-4-12-27-14-15)20-7-3-16(26)24-8-10-25(11-9-24)18-21-5-2-6-22-18;/h2,4-6,12,14H,3,7-11,13H2,1H3,(H2,19,20,23);1H. The average Bonchev–Trinajstić information content (AvgIpc) is 3.25. The van der Waals surface area contributed by atoms with Crippen molar-refractivity contribution in [3.8, 4) is 0 Å². The Bertz CT molecular complexity index is 734.